The molecule has 2 aromatic carbocycles. The maximum atomic E-state index is 14.5. The van der Waals surface area contributed by atoms with Gasteiger partial charge in [0.05, 0.1) is 36.0 Å². The number of amides is 1. The van der Waals surface area contributed by atoms with Crippen LogP contribution in [-0.4, -0.2) is 71.4 Å². The van der Waals surface area contributed by atoms with Gasteiger partial charge in [0.1, 0.15) is 18.2 Å². The van der Waals surface area contributed by atoms with E-state index in [4.69, 9.17) is 21.1 Å². The Morgan fingerprint density at radius 3 is 2.89 bits per heavy atom. The van der Waals surface area contributed by atoms with E-state index in [1.54, 1.807) is 31.2 Å². The summed E-state index contributed by atoms with van der Waals surface area (Å²) in [5.74, 6) is 0.560. The quantitative estimate of drug-likeness (QED) is 0.430. The Balaban J connectivity index is 1.60. The molecular weight excluding hydrogens is 477 g/mol. The van der Waals surface area contributed by atoms with E-state index in [0.717, 1.165) is 0 Å². The zero-order chi connectivity index (χ0) is 25.1. The topological polar surface area (TPSA) is 109 Å². The predicted octanol–water partition coefficient (Wildman–Crippen LogP) is 3.12. The van der Waals surface area contributed by atoms with Crippen molar-refractivity contribution in [1.82, 2.24) is 20.2 Å². The molecule has 0 aliphatic carbocycles. The first-order chi connectivity index (χ1) is 16.8. The molecule has 11 heteroatoms. The zero-order valence-electron chi connectivity index (χ0n) is 19.6. The van der Waals surface area contributed by atoms with Gasteiger partial charge in [0.2, 0.25) is 5.91 Å². The highest BCUT2D eigenvalue weighted by molar-refractivity contribution is 6.31. The summed E-state index contributed by atoms with van der Waals surface area (Å²) in [6, 6.07) is 7.41. The first-order valence-electron chi connectivity index (χ1n) is 11.1. The number of aliphatic hydroxyl groups excluding tert-OH is 1. The van der Waals surface area contributed by atoms with E-state index >= 15 is 0 Å². The van der Waals surface area contributed by atoms with Gasteiger partial charge in [-0.2, -0.15) is 0 Å². The molecule has 2 heterocycles. The van der Waals surface area contributed by atoms with E-state index in [9.17, 15) is 14.3 Å². The SMILES string of the molecule is COc1cc2ncnc(Nc3cccc(Cl)c3F)c2cc1O[C@H]1C[C@H](C(=O)N[C@H](C)CO)N(C)C1. The number of rotatable bonds is 8. The number of likely N-dealkylation sites (tertiary alicyclic amines) is 1. The molecule has 1 amide bonds. The second kappa shape index (κ2) is 10.6. The number of benzene rings is 2. The first kappa shape index (κ1) is 24.9. The lowest BCUT2D eigenvalue weighted by Gasteiger charge is -2.20. The molecule has 1 saturated heterocycles. The van der Waals surface area contributed by atoms with Gasteiger partial charge in [-0.1, -0.05) is 17.7 Å². The fourth-order valence-corrected chi connectivity index (χ4v) is 4.23. The number of nitrogens with one attached hydrogen (secondary N) is 2. The molecule has 0 spiro atoms. The molecule has 3 N–H and O–H groups in total. The number of fused-ring (bicyclic) bond motifs is 1. The van der Waals surface area contributed by atoms with Gasteiger partial charge in [0, 0.05) is 30.5 Å². The minimum absolute atomic E-state index is 0.00335. The summed E-state index contributed by atoms with van der Waals surface area (Å²) in [6.45, 7) is 2.13. The third kappa shape index (κ3) is 5.39. The van der Waals surface area contributed by atoms with E-state index in [-0.39, 0.29) is 41.4 Å². The molecule has 1 aromatic heterocycles. The van der Waals surface area contributed by atoms with Gasteiger partial charge in [-0.3, -0.25) is 9.69 Å². The lowest BCUT2D eigenvalue weighted by atomic mass is 10.1. The number of halogens is 2. The first-order valence-corrected chi connectivity index (χ1v) is 11.5. The molecule has 0 unspecified atom stereocenters. The third-order valence-electron chi connectivity index (χ3n) is 5.89. The third-order valence-corrected chi connectivity index (χ3v) is 6.19. The number of carbonyl (C=O) groups excluding carboxylic acids is 1. The number of methoxy groups -OCH3 is 1. The fourth-order valence-electron chi connectivity index (χ4n) is 4.05. The summed E-state index contributed by atoms with van der Waals surface area (Å²) in [4.78, 5) is 23.1. The maximum absolute atomic E-state index is 14.5. The van der Waals surface area contributed by atoms with Crippen LogP contribution in [0.5, 0.6) is 11.5 Å². The monoisotopic (exact) mass is 503 g/mol. The van der Waals surface area contributed by atoms with Crippen LogP contribution in [0.3, 0.4) is 0 Å². The molecule has 3 aromatic rings. The van der Waals surface area contributed by atoms with Crippen molar-refractivity contribution in [2.45, 2.75) is 31.5 Å². The van der Waals surface area contributed by atoms with Crippen LogP contribution < -0.4 is 20.1 Å². The van der Waals surface area contributed by atoms with Crippen LogP contribution in [0.2, 0.25) is 5.02 Å². The summed E-state index contributed by atoms with van der Waals surface area (Å²) in [6.07, 6.45) is 1.56. The molecule has 1 aliphatic rings. The molecule has 3 atom stereocenters. The average Bonchev–Trinajstić information content (AvgIpc) is 3.21. The molecule has 4 rings (SSSR count). The standard InChI is InChI=1S/C24H27ClFN5O4/c1-13(11-32)29-24(33)19-7-14(10-31(19)2)35-21-8-15-18(9-20(21)34-3)27-12-28-23(15)30-17-6-4-5-16(25)22(17)26/h4-6,8-9,12-14,19,32H,7,10-11H2,1-3H3,(H,29,33)(H,27,28,30)/t13-,14+,19-/m1/s1. The van der Waals surface area contributed by atoms with Crippen LogP contribution in [0.25, 0.3) is 10.9 Å². The predicted molar refractivity (Wildman–Crippen MR) is 131 cm³/mol. The Labute approximate surface area is 207 Å². The Hall–Kier alpha value is -3.21. The van der Waals surface area contributed by atoms with Gasteiger partial charge in [-0.15, -0.1) is 0 Å². The summed E-state index contributed by atoms with van der Waals surface area (Å²) < 4.78 is 26.2. The number of hydrogen-bond acceptors (Lipinski definition) is 8. The highest BCUT2D eigenvalue weighted by Gasteiger charge is 2.36. The number of nitrogens with zero attached hydrogens (tertiary/aromatic N) is 3. The molecule has 0 bridgehead atoms. The van der Waals surface area contributed by atoms with Crippen molar-refractivity contribution in [2.75, 3.05) is 32.6 Å². The number of carbonyl (C=O) groups is 1. The highest BCUT2D eigenvalue weighted by atomic mass is 35.5. The van der Waals surface area contributed by atoms with Crippen LogP contribution in [0, 0.1) is 5.82 Å². The number of ether oxygens (including phenoxy) is 2. The summed E-state index contributed by atoms with van der Waals surface area (Å²) in [5, 5.41) is 15.6. The van der Waals surface area contributed by atoms with E-state index < -0.39 is 5.82 Å². The Kier molecular flexibility index (Phi) is 7.54. The van der Waals surface area contributed by atoms with Crippen LogP contribution in [-0.2, 0) is 4.79 Å². The van der Waals surface area contributed by atoms with E-state index in [1.807, 2.05) is 11.9 Å². The lowest BCUT2D eigenvalue weighted by molar-refractivity contribution is -0.126. The normalized spacial score (nSPS) is 18.9. The van der Waals surface area contributed by atoms with Crippen molar-refractivity contribution in [3.63, 3.8) is 0 Å². The average molecular weight is 504 g/mol. The smallest absolute Gasteiger partial charge is 0.237 e. The number of anilines is 2. The van der Waals surface area contributed by atoms with Crippen molar-refractivity contribution in [1.29, 1.82) is 0 Å². The highest BCUT2D eigenvalue weighted by Crippen LogP contribution is 2.37. The van der Waals surface area contributed by atoms with Crippen molar-refractivity contribution >= 4 is 39.9 Å². The summed E-state index contributed by atoms with van der Waals surface area (Å²) >= 11 is 5.91. The zero-order valence-corrected chi connectivity index (χ0v) is 20.3. The molecule has 1 aliphatic heterocycles. The van der Waals surface area contributed by atoms with Crippen LogP contribution in [0.1, 0.15) is 13.3 Å². The summed E-state index contributed by atoms with van der Waals surface area (Å²) in [5.41, 5.74) is 0.757. The molecule has 9 nitrogen and oxygen atoms in total. The van der Waals surface area contributed by atoms with Gasteiger partial charge in [-0.25, -0.2) is 14.4 Å². The fraction of sp³-hybridized carbons (Fsp3) is 0.375. The van der Waals surface area contributed by atoms with Crippen molar-refractivity contribution in [2.24, 2.45) is 0 Å². The van der Waals surface area contributed by atoms with Crippen LogP contribution in [0.4, 0.5) is 15.9 Å². The molecule has 35 heavy (non-hydrogen) atoms. The van der Waals surface area contributed by atoms with E-state index in [2.05, 4.69) is 20.6 Å². The minimum atomic E-state index is -0.584. The van der Waals surface area contributed by atoms with Gasteiger partial charge in [0.15, 0.2) is 17.3 Å². The number of hydrogen-bond donors (Lipinski definition) is 3. The van der Waals surface area contributed by atoms with Crippen LogP contribution >= 0.6 is 11.6 Å². The van der Waals surface area contributed by atoms with E-state index in [1.165, 1.54) is 19.5 Å². The molecular formula is C24H27ClFN5O4. The van der Waals surface area contributed by atoms with Crippen molar-refractivity contribution in [3.8, 4) is 11.5 Å². The molecule has 1 fully saturated rings. The summed E-state index contributed by atoms with van der Waals surface area (Å²) in [7, 11) is 3.38. The Morgan fingerprint density at radius 2 is 2.14 bits per heavy atom. The number of aliphatic hydroxyl groups is 1. The maximum Gasteiger partial charge on any atom is 0.237 e. The second-order valence-electron chi connectivity index (χ2n) is 8.49. The Bertz CT molecular complexity index is 1230. The number of likely N-dealkylation sites (N-methyl/N-ethyl adjacent to an activating group) is 1. The van der Waals surface area contributed by atoms with Crippen molar-refractivity contribution in [3.05, 3.63) is 47.5 Å². The molecule has 186 valence electrons. The van der Waals surface area contributed by atoms with E-state index in [0.29, 0.717) is 41.2 Å². The van der Waals surface area contributed by atoms with Crippen LogP contribution in [0.15, 0.2) is 36.7 Å². The number of aromatic nitrogens is 2. The van der Waals surface area contributed by atoms with Crippen molar-refractivity contribution < 1.29 is 23.8 Å². The largest absolute Gasteiger partial charge is 0.493 e. The van der Waals surface area contributed by atoms with Gasteiger partial charge in [0.25, 0.3) is 0 Å². The van der Waals surface area contributed by atoms with Gasteiger partial charge in [-0.05, 0) is 32.2 Å². The lowest BCUT2D eigenvalue weighted by Crippen LogP contribution is -2.45. The second-order valence-corrected chi connectivity index (χ2v) is 8.90. The van der Waals surface area contributed by atoms with Gasteiger partial charge >= 0.3 is 0 Å². The molecule has 0 radical (unpaired) electrons. The minimum Gasteiger partial charge on any atom is -0.493 e. The van der Waals surface area contributed by atoms with Gasteiger partial charge < -0.3 is 25.2 Å². The Morgan fingerprint density at radius 1 is 1.34 bits per heavy atom. The molecule has 0 saturated carbocycles.